The van der Waals surface area contributed by atoms with E-state index >= 15 is 0 Å². The molecule has 0 saturated heterocycles. The van der Waals surface area contributed by atoms with Crippen LogP contribution in [0.2, 0.25) is 0 Å². The highest BCUT2D eigenvalue weighted by atomic mass is 32.1. The molecule has 1 aromatic heterocycles. The average Bonchev–Trinajstić information content (AvgIpc) is 2.47. The number of hydrogen-bond donors (Lipinski definition) is 0. The fraction of sp³-hybridized carbons (Fsp3) is 0.500. The lowest BCUT2D eigenvalue weighted by Crippen LogP contribution is -1.96. The molecule has 2 heteroatoms. The van der Waals surface area contributed by atoms with Crippen molar-refractivity contribution >= 4 is 17.1 Å². The zero-order valence-electron chi connectivity index (χ0n) is 7.59. The lowest BCUT2D eigenvalue weighted by atomic mass is 10.1. The standard InChI is InChI=1S/C10H14OS/c1-3-10(11)5-4-9-6-8(2)12-7-9/h6-7H,3-5H2,1-2H3. The second-order valence-corrected chi connectivity index (χ2v) is 4.07. The van der Waals surface area contributed by atoms with Crippen LogP contribution in [0.3, 0.4) is 0 Å². The first-order valence-electron chi connectivity index (χ1n) is 4.28. The number of ketones is 1. The molecule has 0 unspecified atom stereocenters. The van der Waals surface area contributed by atoms with Gasteiger partial charge in [-0.05, 0) is 30.4 Å². The summed E-state index contributed by atoms with van der Waals surface area (Å²) in [7, 11) is 0. The molecule has 0 amide bonds. The highest BCUT2D eigenvalue weighted by Crippen LogP contribution is 2.14. The van der Waals surface area contributed by atoms with Crippen LogP contribution in [0.1, 0.15) is 30.2 Å². The molecule has 0 fully saturated rings. The fourth-order valence-electron chi connectivity index (χ4n) is 1.09. The van der Waals surface area contributed by atoms with E-state index in [-0.39, 0.29) is 0 Å². The van der Waals surface area contributed by atoms with E-state index in [0.29, 0.717) is 18.6 Å². The topological polar surface area (TPSA) is 17.1 Å². The third-order valence-electron chi connectivity index (χ3n) is 1.87. The summed E-state index contributed by atoms with van der Waals surface area (Å²) in [4.78, 5) is 12.3. The highest BCUT2D eigenvalue weighted by molar-refractivity contribution is 7.10. The van der Waals surface area contributed by atoms with Crippen molar-refractivity contribution in [1.29, 1.82) is 0 Å². The van der Waals surface area contributed by atoms with Gasteiger partial charge in [-0.25, -0.2) is 0 Å². The van der Waals surface area contributed by atoms with Crippen LogP contribution in [0, 0.1) is 6.92 Å². The molecule has 1 heterocycles. The molecule has 0 atom stereocenters. The molecule has 66 valence electrons. The summed E-state index contributed by atoms with van der Waals surface area (Å²) in [6.45, 7) is 4.01. The molecule has 0 spiro atoms. The van der Waals surface area contributed by atoms with Crippen LogP contribution >= 0.6 is 11.3 Å². The van der Waals surface area contributed by atoms with Gasteiger partial charge in [-0.3, -0.25) is 4.79 Å². The number of thiophene rings is 1. The summed E-state index contributed by atoms with van der Waals surface area (Å²) in [5.74, 6) is 0.360. The Bertz CT molecular complexity index is 263. The SMILES string of the molecule is CCC(=O)CCc1csc(C)c1. The Hall–Kier alpha value is -0.630. The van der Waals surface area contributed by atoms with Gasteiger partial charge < -0.3 is 0 Å². The van der Waals surface area contributed by atoms with Crippen LogP contribution in [-0.4, -0.2) is 5.78 Å². The maximum Gasteiger partial charge on any atom is 0.132 e. The molecule has 0 aliphatic carbocycles. The summed E-state index contributed by atoms with van der Waals surface area (Å²) in [6, 6.07) is 2.16. The normalized spacial score (nSPS) is 10.2. The van der Waals surface area contributed by atoms with Crippen LogP contribution in [0.25, 0.3) is 0 Å². The van der Waals surface area contributed by atoms with E-state index in [0.717, 1.165) is 6.42 Å². The number of aryl methyl sites for hydroxylation is 2. The molecule has 1 aromatic rings. The molecule has 0 radical (unpaired) electrons. The van der Waals surface area contributed by atoms with Crippen molar-refractivity contribution in [3.8, 4) is 0 Å². The Balaban J connectivity index is 2.38. The van der Waals surface area contributed by atoms with E-state index in [1.54, 1.807) is 11.3 Å². The highest BCUT2D eigenvalue weighted by Gasteiger charge is 2.00. The van der Waals surface area contributed by atoms with Gasteiger partial charge >= 0.3 is 0 Å². The summed E-state index contributed by atoms with van der Waals surface area (Å²) < 4.78 is 0. The van der Waals surface area contributed by atoms with Crippen molar-refractivity contribution in [2.75, 3.05) is 0 Å². The Morgan fingerprint density at radius 3 is 2.83 bits per heavy atom. The molecular weight excluding hydrogens is 168 g/mol. The van der Waals surface area contributed by atoms with Crippen molar-refractivity contribution in [3.63, 3.8) is 0 Å². The van der Waals surface area contributed by atoms with E-state index in [1.165, 1.54) is 10.4 Å². The molecule has 0 saturated carbocycles. The summed E-state index contributed by atoms with van der Waals surface area (Å²) >= 11 is 1.75. The predicted molar refractivity (Wildman–Crippen MR) is 52.7 cm³/mol. The number of Topliss-reactive ketones (excluding diaryl/α,β-unsaturated/α-hetero) is 1. The van der Waals surface area contributed by atoms with Crippen LogP contribution in [0.15, 0.2) is 11.4 Å². The summed E-state index contributed by atoms with van der Waals surface area (Å²) in [6.07, 6.45) is 2.28. The first kappa shape index (κ1) is 9.46. The molecule has 0 N–H and O–H groups in total. The van der Waals surface area contributed by atoms with Crippen molar-refractivity contribution in [3.05, 3.63) is 21.9 Å². The quantitative estimate of drug-likeness (QED) is 0.699. The summed E-state index contributed by atoms with van der Waals surface area (Å²) in [5.41, 5.74) is 1.30. The Labute approximate surface area is 77.4 Å². The van der Waals surface area contributed by atoms with Gasteiger partial charge in [-0.1, -0.05) is 6.92 Å². The third kappa shape index (κ3) is 2.78. The second kappa shape index (κ2) is 4.41. The van der Waals surface area contributed by atoms with Crippen molar-refractivity contribution in [1.82, 2.24) is 0 Å². The number of carbonyl (C=O) groups excluding carboxylic acids is 1. The summed E-state index contributed by atoms with van der Waals surface area (Å²) in [5, 5.41) is 2.14. The minimum atomic E-state index is 0.360. The lowest BCUT2D eigenvalue weighted by molar-refractivity contribution is -0.118. The monoisotopic (exact) mass is 182 g/mol. The van der Waals surface area contributed by atoms with Gasteiger partial charge in [0.1, 0.15) is 5.78 Å². The maximum absolute atomic E-state index is 11.0. The molecule has 0 bridgehead atoms. The zero-order chi connectivity index (χ0) is 8.97. The zero-order valence-corrected chi connectivity index (χ0v) is 8.41. The van der Waals surface area contributed by atoms with E-state index in [1.807, 2.05) is 6.92 Å². The minimum Gasteiger partial charge on any atom is -0.300 e. The van der Waals surface area contributed by atoms with Crippen LogP contribution in [-0.2, 0) is 11.2 Å². The first-order chi connectivity index (χ1) is 5.72. The van der Waals surface area contributed by atoms with Gasteiger partial charge in [-0.2, -0.15) is 0 Å². The van der Waals surface area contributed by atoms with Crippen molar-refractivity contribution in [2.45, 2.75) is 33.1 Å². The third-order valence-corrected chi connectivity index (χ3v) is 2.78. The Kier molecular flexibility index (Phi) is 3.48. The molecule has 0 aliphatic rings. The Morgan fingerprint density at radius 1 is 1.58 bits per heavy atom. The van der Waals surface area contributed by atoms with Gasteiger partial charge in [0, 0.05) is 17.7 Å². The molecule has 1 nitrogen and oxygen atoms in total. The number of rotatable bonds is 4. The number of carbonyl (C=O) groups is 1. The van der Waals surface area contributed by atoms with Crippen LogP contribution in [0.5, 0.6) is 0 Å². The average molecular weight is 182 g/mol. The molecule has 1 rings (SSSR count). The van der Waals surface area contributed by atoms with Crippen LogP contribution < -0.4 is 0 Å². The molecular formula is C10H14OS. The molecule has 12 heavy (non-hydrogen) atoms. The van der Waals surface area contributed by atoms with E-state index in [2.05, 4.69) is 18.4 Å². The van der Waals surface area contributed by atoms with E-state index < -0.39 is 0 Å². The van der Waals surface area contributed by atoms with E-state index in [4.69, 9.17) is 0 Å². The number of hydrogen-bond acceptors (Lipinski definition) is 2. The Morgan fingerprint density at radius 2 is 2.33 bits per heavy atom. The lowest BCUT2D eigenvalue weighted by Gasteiger charge is -1.94. The first-order valence-corrected chi connectivity index (χ1v) is 5.16. The maximum atomic E-state index is 11.0. The molecule has 0 aliphatic heterocycles. The van der Waals surface area contributed by atoms with Gasteiger partial charge in [0.05, 0.1) is 0 Å². The van der Waals surface area contributed by atoms with Gasteiger partial charge in [0.25, 0.3) is 0 Å². The van der Waals surface area contributed by atoms with Gasteiger partial charge in [0.2, 0.25) is 0 Å². The van der Waals surface area contributed by atoms with Crippen molar-refractivity contribution in [2.24, 2.45) is 0 Å². The predicted octanol–water partition coefficient (Wildman–Crippen LogP) is 2.97. The van der Waals surface area contributed by atoms with Gasteiger partial charge in [-0.15, -0.1) is 11.3 Å². The fourth-order valence-corrected chi connectivity index (χ4v) is 1.83. The second-order valence-electron chi connectivity index (χ2n) is 2.96. The molecule has 0 aromatic carbocycles. The van der Waals surface area contributed by atoms with Gasteiger partial charge in [0.15, 0.2) is 0 Å². The van der Waals surface area contributed by atoms with Crippen LogP contribution in [0.4, 0.5) is 0 Å². The van der Waals surface area contributed by atoms with Crippen molar-refractivity contribution < 1.29 is 4.79 Å². The van der Waals surface area contributed by atoms with E-state index in [9.17, 15) is 4.79 Å². The minimum absolute atomic E-state index is 0.360. The smallest absolute Gasteiger partial charge is 0.132 e. The largest absolute Gasteiger partial charge is 0.300 e.